The van der Waals surface area contributed by atoms with Crippen molar-refractivity contribution in [3.8, 4) is 5.75 Å². The SMILES string of the molecule is Fc1cncc(C2=CCc3cc(N4CCNCC4)ccc3O2)c1. The average Bonchev–Trinajstić information content (AvgIpc) is 2.61. The third-order valence-electron chi connectivity index (χ3n) is 4.24. The van der Waals surface area contributed by atoms with Gasteiger partial charge in [-0.3, -0.25) is 4.98 Å². The molecule has 5 heteroatoms. The van der Waals surface area contributed by atoms with Gasteiger partial charge in [-0.2, -0.15) is 0 Å². The lowest BCUT2D eigenvalue weighted by Crippen LogP contribution is -2.43. The summed E-state index contributed by atoms with van der Waals surface area (Å²) >= 11 is 0. The van der Waals surface area contributed by atoms with Crippen molar-refractivity contribution in [3.05, 3.63) is 59.7 Å². The Balaban J connectivity index is 1.57. The number of piperazine rings is 1. The molecule has 4 rings (SSSR count). The van der Waals surface area contributed by atoms with E-state index in [9.17, 15) is 4.39 Å². The fourth-order valence-electron chi connectivity index (χ4n) is 3.03. The van der Waals surface area contributed by atoms with E-state index in [0.717, 1.165) is 43.9 Å². The average molecular weight is 311 g/mol. The second-order valence-corrected chi connectivity index (χ2v) is 5.80. The molecular weight excluding hydrogens is 293 g/mol. The minimum Gasteiger partial charge on any atom is -0.457 e. The Morgan fingerprint density at radius 3 is 2.83 bits per heavy atom. The molecule has 0 unspecified atom stereocenters. The summed E-state index contributed by atoms with van der Waals surface area (Å²) < 4.78 is 19.3. The van der Waals surface area contributed by atoms with Crippen LogP contribution >= 0.6 is 0 Å². The van der Waals surface area contributed by atoms with Gasteiger partial charge in [0.05, 0.1) is 6.20 Å². The number of fused-ring (bicyclic) bond motifs is 1. The molecule has 0 saturated carbocycles. The van der Waals surface area contributed by atoms with Gasteiger partial charge in [-0.25, -0.2) is 4.39 Å². The highest BCUT2D eigenvalue weighted by Crippen LogP contribution is 2.33. The maximum atomic E-state index is 13.3. The molecular formula is C18H18FN3O. The maximum Gasteiger partial charge on any atom is 0.142 e. The van der Waals surface area contributed by atoms with Gasteiger partial charge in [-0.15, -0.1) is 0 Å². The van der Waals surface area contributed by atoms with E-state index in [1.807, 2.05) is 12.1 Å². The summed E-state index contributed by atoms with van der Waals surface area (Å²) in [6, 6.07) is 7.74. The lowest BCUT2D eigenvalue weighted by Gasteiger charge is -2.30. The predicted octanol–water partition coefficient (Wildman–Crippen LogP) is 2.61. The van der Waals surface area contributed by atoms with Crippen LogP contribution in [0.5, 0.6) is 5.75 Å². The van der Waals surface area contributed by atoms with E-state index in [1.165, 1.54) is 18.0 Å². The Morgan fingerprint density at radius 1 is 1.13 bits per heavy atom. The molecule has 0 radical (unpaired) electrons. The minimum atomic E-state index is -0.355. The smallest absolute Gasteiger partial charge is 0.142 e. The zero-order valence-corrected chi connectivity index (χ0v) is 12.8. The van der Waals surface area contributed by atoms with Gasteiger partial charge in [-0.1, -0.05) is 0 Å². The highest BCUT2D eigenvalue weighted by molar-refractivity contribution is 5.66. The summed E-state index contributed by atoms with van der Waals surface area (Å²) in [4.78, 5) is 6.26. The number of anilines is 1. The van der Waals surface area contributed by atoms with Gasteiger partial charge in [0.25, 0.3) is 0 Å². The van der Waals surface area contributed by atoms with Gasteiger partial charge in [0.2, 0.25) is 0 Å². The van der Waals surface area contributed by atoms with Crippen LogP contribution in [0, 0.1) is 5.82 Å². The molecule has 1 N–H and O–H groups in total. The molecule has 23 heavy (non-hydrogen) atoms. The molecule has 4 nitrogen and oxygen atoms in total. The number of pyridine rings is 1. The van der Waals surface area contributed by atoms with Crippen molar-refractivity contribution in [2.45, 2.75) is 6.42 Å². The lowest BCUT2D eigenvalue weighted by atomic mass is 10.0. The number of hydrogen-bond acceptors (Lipinski definition) is 4. The largest absolute Gasteiger partial charge is 0.457 e. The quantitative estimate of drug-likeness (QED) is 0.925. The van der Waals surface area contributed by atoms with Crippen LogP contribution in [0.25, 0.3) is 5.76 Å². The Bertz CT molecular complexity index is 754. The van der Waals surface area contributed by atoms with Crippen molar-refractivity contribution in [1.82, 2.24) is 10.3 Å². The molecule has 0 aliphatic carbocycles. The third kappa shape index (κ3) is 2.92. The fraction of sp³-hybridized carbons (Fsp3) is 0.278. The molecule has 0 amide bonds. The highest BCUT2D eigenvalue weighted by atomic mass is 19.1. The van der Waals surface area contributed by atoms with Crippen molar-refractivity contribution < 1.29 is 9.13 Å². The van der Waals surface area contributed by atoms with Gasteiger partial charge in [-0.05, 0) is 36.8 Å². The van der Waals surface area contributed by atoms with Crippen molar-refractivity contribution in [1.29, 1.82) is 0 Å². The first-order valence-electron chi connectivity index (χ1n) is 7.87. The maximum absolute atomic E-state index is 13.3. The molecule has 3 heterocycles. The molecule has 2 aliphatic heterocycles. The minimum absolute atomic E-state index is 0.355. The molecule has 1 fully saturated rings. The summed E-state index contributed by atoms with van der Waals surface area (Å²) in [5.41, 5.74) is 3.06. The van der Waals surface area contributed by atoms with Gasteiger partial charge < -0.3 is 15.0 Å². The summed E-state index contributed by atoms with van der Waals surface area (Å²) in [6.45, 7) is 4.08. The number of ether oxygens (including phenoxy) is 1. The van der Waals surface area contributed by atoms with Gasteiger partial charge in [0, 0.05) is 49.2 Å². The molecule has 1 saturated heterocycles. The second-order valence-electron chi connectivity index (χ2n) is 5.80. The van der Waals surface area contributed by atoms with E-state index in [-0.39, 0.29) is 5.82 Å². The number of hydrogen-bond donors (Lipinski definition) is 1. The van der Waals surface area contributed by atoms with Crippen LogP contribution in [-0.2, 0) is 6.42 Å². The Kier molecular flexibility index (Phi) is 3.71. The number of rotatable bonds is 2. The Labute approximate surface area is 134 Å². The van der Waals surface area contributed by atoms with Gasteiger partial charge in [0.15, 0.2) is 0 Å². The normalized spacial score (nSPS) is 17.3. The summed E-state index contributed by atoms with van der Waals surface area (Å²) in [7, 11) is 0. The number of nitrogens with zero attached hydrogens (tertiary/aromatic N) is 2. The monoisotopic (exact) mass is 311 g/mol. The number of allylic oxidation sites excluding steroid dienone is 1. The van der Waals surface area contributed by atoms with Crippen LogP contribution < -0.4 is 15.0 Å². The zero-order chi connectivity index (χ0) is 15.6. The van der Waals surface area contributed by atoms with E-state index in [2.05, 4.69) is 27.3 Å². The van der Waals surface area contributed by atoms with E-state index in [1.54, 1.807) is 6.20 Å². The predicted molar refractivity (Wildman–Crippen MR) is 88.0 cm³/mol. The molecule has 2 aliphatic rings. The topological polar surface area (TPSA) is 37.4 Å². The van der Waals surface area contributed by atoms with E-state index < -0.39 is 0 Å². The highest BCUT2D eigenvalue weighted by Gasteiger charge is 2.17. The van der Waals surface area contributed by atoms with Gasteiger partial charge in [0.1, 0.15) is 17.3 Å². The molecule has 118 valence electrons. The van der Waals surface area contributed by atoms with Gasteiger partial charge >= 0.3 is 0 Å². The summed E-state index contributed by atoms with van der Waals surface area (Å²) in [6.07, 6.45) is 5.58. The molecule has 1 aromatic heterocycles. The molecule has 1 aromatic carbocycles. The van der Waals surface area contributed by atoms with Crippen molar-refractivity contribution in [2.24, 2.45) is 0 Å². The Morgan fingerprint density at radius 2 is 2.00 bits per heavy atom. The van der Waals surface area contributed by atoms with E-state index in [4.69, 9.17) is 4.74 Å². The third-order valence-corrected chi connectivity index (χ3v) is 4.24. The molecule has 0 bridgehead atoms. The van der Waals surface area contributed by atoms with Crippen molar-refractivity contribution in [3.63, 3.8) is 0 Å². The number of aromatic nitrogens is 1. The van der Waals surface area contributed by atoms with Crippen molar-refractivity contribution >= 4 is 11.4 Å². The lowest BCUT2D eigenvalue weighted by molar-refractivity contribution is 0.496. The fourth-order valence-corrected chi connectivity index (χ4v) is 3.03. The first-order chi connectivity index (χ1) is 11.3. The first kappa shape index (κ1) is 14.2. The molecule has 0 spiro atoms. The summed E-state index contributed by atoms with van der Waals surface area (Å²) in [5, 5.41) is 3.36. The number of nitrogens with one attached hydrogen (secondary N) is 1. The number of halogens is 1. The van der Waals surface area contributed by atoms with Crippen LogP contribution in [0.4, 0.5) is 10.1 Å². The van der Waals surface area contributed by atoms with Crippen LogP contribution in [0.15, 0.2) is 42.7 Å². The van der Waals surface area contributed by atoms with Crippen LogP contribution in [0.2, 0.25) is 0 Å². The Hall–Kier alpha value is -2.40. The molecule has 2 aromatic rings. The standard InChI is InChI=1S/C18H18FN3O/c19-15-9-14(11-21-12-15)18-3-1-13-10-16(2-4-17(13)23-18)22-7-5-20-6-8-22/h2-4,9-12,20H,1,5-8H2. The zero-order valence-electron chi connectivity index (χ0n) is 12.8. The second kappa shape index (κ2) is 6.01. The van der Waals surface area contributed by atoms with Crippen molar-refractivity contribution in [2.75, 3.05) is 31.1 Å². The first-order valence-corrected chi connectivity index (χ1v) is 7.87. The van der Waals surface area contributed by atoms with Crippen LogP contribution in [0.1, 0.15) is 11.1 Å². The van der Waals surface area contributed by atoms with Crippen LogP contribution in [0.3, 0.4) is 0 Å². The number of benzene rings is 1. The molecule has 0 atom stereocenters. The summed E-state index contributed by atoms with van der Waals surface area (Å²) in [5.74, 6) is 1.15. The van der Waals surface area contributed by atoms with Crippen LogP contribution in [-0.4, -0.2) is 31.2 Å². The van der Waals surface area contributed by atoms with E-state index >= 15 is 0 Å². The van der Waals surface area contributed by atoms with E-state index in [0.29, 0.717) is 11.3 Å².